The average molecular weight is 334 g/mol. The highest BCUT2D eigenvalue weighted by atomic mass is 32.1. The van der Waals surface area contributed by atoms with Gasteiger partial charge in [0, 0.05) is 13.0 Å². The van der Waals surface area contributed by atoms with Crippen LogP contribution in [-0.2, 0) is 4.79 Å². The number of fused-ring (bicyclic) bond motifs is 1. The maximum atomic E-state index is 12.1. The molecule has 0 saturated heterocycles. The van der Waals surface area contributed by atoms with E-state index in [1.165, 1.54) is 4.90 Å². The second kappa shape index (κ2) is 7.68. The van der Waals surface area contributed by atoms with Gasteiger partial charge in [-0.3, -0.25) is 30.1 Å². The predicted octanol–water partition coefficient (Wildman–Crippen LogP) is 0.707. The first-order chi connectivity index (χ1) is 11.0. The summed E-state index contributed by atoms with van der Waals surface area (Å²) in [5, 5.41) is 0.00368. The Balaban J connectivity index is 1.70. The molecule has 7 nitrogen and oxygen atoms in total. The summed E-state index contributed by atoms with van der Waals surface area (Å²) in [4.78, 5) is 36.9. The number of amides is 3. The number of rotatable bonds is 6. The minimum absolute atomic E-state index is 0.00368. The second-order valence-corrected chi connectivity index (χ2v) is 5.60. The van der Waals surface area contributed by atoms with Crippen LogP contribution < -0.4 is 16.6 Å². The van der Waals surface area contributed by atoms with E-state index in [9.17, 15) is 14.4 Å². The highest BCUT2D eigenvalue weighted by molar-refractivity contribution is 7.80. The van der Waals surface area contributed by atoms with E-state index in [1.54, 1.807) is 24.3 Å². The molecule has 1 aromatic carbocycles. The molecule has 0 unspecified atom stereocenters. The number of benzene rings is 1. The van der Waals surface area contributed by atoms with Gasteiger partial charge in [-0.25, -0.2) is 0 Å². The number of thiocarbonyl (C=S) groups is 1. The molecule has 2 rings (SSSR count). The molecule has 0 bridgehead atoms. The van der Waals surface area contributed by atoms with Gasteiger partial charge in [-0.2, -0.15) is 0 Å². The van der Waals surface area contributed by atoms with Gasteiger partial charge in [0.1, 0.15) is 0 Å². The molecule has 1 aliphatic heterocycles. The smallest absolute Gasteiger partial charge is 0.261 e. The molecule has 1 aromatic rings. The van der Waals surface area contributed by atoms with Crippen LogP contribution in [0.2, 0.25) is 0 Å². The zero-order valence-corrected chi connectivity index (χ0v) is 13.3. The Kier molecular flexibility index (Phi) is 5.64. The number of nitrogens with two attached hydrogens (primary N) is 1. The van der Waals surface area contributed by atoms with Gasteiger partial charge in [0.15, 0.2) is 5.11 Å². The fourth-order valence-electron chi connectivity index (χ4n) is 2.37. The zero-order chi connectivity index (χ0) is 16.8. The molecule has 0 aromatic heterocycles. The molecular weight excluding hydrogens is 316 g/mol. The van der Waals surface area contributed by atoms with Gasteiger partial charge < -0.3 is 5.73 Å². The van der Waals surface area contributed by atoms with Gasteiger partial charge >= 0.3 is 0 Å². The van der Waals surface area contributed by atoms with Gasteiger partial charge in [0.05, 0.1) is 11.1 Å². The lowest BCUT2D eigenvalue weighted by atomic mass is 10.1. The fourth-order valence-corrected chi connectivity index (χ4v) is 2.42. The van der Waals surface area contributed by atoms with Crippen LogP contribution in [0.25, 0.3) is 0 Å². The molecule has 0 radical (unpaired) electrons. The number of imide groups is 1. The van der Waals surface area contributed by atoms with E-state index >= 15 is 0 Å². The van der Waals surface area contributed by atoms with Crippen molar-refractivity contribution in [2.75, 3.05) is 6.54 Å². The Morgan fingerprint density at radius 3 is 2.22 bits per heavy atom. The molecule has 8 heteroatoms. The lowest BCUT2D eigenvalue weighted by molar-refractivity contribution is -0.121. The molecular formula is C15H18N4O3S. The molecule has 0 atom stereocenters. The summed E-state index contributed by atoms with van der Waals surface area (Å²) in [6.45, 7) is 0.360. The zero-order valence-electron chi connectivity index (χ0n) is 12.5. The van der Waals surface area contributed by atoms with Gasteiger partial charge in [0.2, 0.25) is 5.91 Å². The van der Waals surface area contributed by atoms with Crippen LogP contribution in [0.1, 0.15) is 46.4 Å². The molecule has 0 saturated carbocycles. The van der Waals surface area contributed by atoms with E-state index in [0.29, 0.717) is 36.9 Å². The minimum atomic E-state index is -0.246. The van der Waals surface area contributed by atoms with E-state index in [-0.39, 0.29) is 22.8 Å². The normalized spacial score (nSPS) is 13.0. The number of hydrogen-bond acceptors (Lipinski definition) is 4. The number of carbonyl (C=O) groups excluding carboxylic acids is 3. The quantitative estimate of drug-likeness (QED) is 0.306. The Hall–Kier alpha value is -2.48. The van der Waals surface area contributed by atoms with Crippen molar-refractivity contribution in [2.45, 2.75) is 25.7 Å². The van der Waals surface area contributed by atoms with E-state index in [2.05, 4.69) is 23.1 Å². The van der Waals surface area contributed by atoms with Crippen LogP contribution in [0.3, 0.4) is 0 Å². The van der Waals surface area contributed by atoms with Crippen molar-refractivity contribution >= 4 is 35.1 Å². The Morgan fingerprint density at radius 1 is 1.04 bits per heavy atom. The number of unbranched alkanes of at least 4 members (excludes halogenated alkanes) is 2. The summed E-state index contributed by atoms with van der Waals surface area (Å²) in [7, 11) is 0. The monoisotopic (exact) mass is 334 g/mol. The third kappa shape index (κ3) is 4.26. The van der Waals surface area contributed by atoms with E-state index in [0.717, 1.165) is 6.42 Å². The van der Waals surface area contributed by atoms with Crippen molar-refractivity contribution in [3.05, 3.63) is 35.4 Å². The molecule has 0 aliphatic carbocycles. The van der Waals surface area contributed by atoms with Gasteiger partial charge in [-0.05, 0) is 37.2 Å². The lowest BCUT2D eigenvalue weighted by Gasteiger charge is -2.13. The van der Waals surface area contributed by atoms with Crippen LogP contribution in [0.4, 0.5) is 0 Å². The molecule has 122 valence electrons. The third-order valence-electron chi connectivity index (χ3n) is 3.49. The van der Waals surface area contributed by atoms with E-state index < -0.39 is 0 Å². The van der Waals surface area contributed by atoms with Crippen LogP contribution in [0, 0.1) is 0 Å². The fraction of sp³-hybridized carbons (Fsp3) is 0.333. The average Bonchev–Trinajstić information content (AvgIpc) is 2.77. The Morgan fingerprint density at radius 2 is 1.65 bits per heavy atom. The molecule has 3 amide bonds. The van der Waals surface area contributed by atoms with Crippen molar-refractivity contribution in [1.82, 2.24) is 15.8 Å². The molecule has 0 spiro atoms. The first kappa shape index (κ1) is 16.9. The van der Waals surface area contributed by atoms with Crippen molar-refractivity contribution in [3.8, 4) is 0 Å². The summed E-state index contributed by atoms with van der Waals surface area (Å²) in [5.74, 6) is -0.702. The van der Waals surface area contributed by atoms with Crippen molar-refractivity contribution in [2.24, 2.45) is 5.73 Å². The van der Waals surface area contributed by atoms with Gasteiger partial charge in [-0.15, -0.1) is 0 Å². The Labute approximate surface area is 139 Å². The topological polar surface area (TPSA) is 105 Å². The van der Waals surface area contributed by atoms with Crippen LogP contribution in [0.5, 0.6) is 0 Å². The first-order valence-corrected chi connectivity index (χ1v) is 7.71. The number of hydrogen-bond donors (Lipinski definition) is 3. The molecule has 1 heterocycles. The predicted molar refractivity (Wildman–Crippen MR) is 88.3 cm³/mol. The SMILES string of the molecule is NC(=S)NNC(=O)CCCCCN1C(=O)c2ccccc2C1=O. The summed E-state index contributed by atoms with van der Waals surface area (Å²) in [6.07, 6.45) is 2.35. The maximum Gasteiger partial charge on any atom is 0.261 e. The lowest BCUT2D eigenvalue weighted by Crippen LogP contribution is -2.44. The largest absolute Gasteiger partial charge is 0.375 e. The van der Waals surface area contributed by atoms with Gasteiger partial charge in [0.25, 0.3) is 11.8 Å². The molecule has 0 fully saturated rings. The minimum Gasteiger partial charge on any atom is -0.375 e. The molecule has 23 heavy (non-hydrogen) atoms. The van der Waals surface area contributed by atoms with Crippen LogP contribution in [0.15, 0.2) is 24.3 Å². The third-order valence-corrected chi connectivity index (χ3v) is 3.59. The highest BCUT2D eigenvalue weighted by Gasteiger charge is 2.34. The number of carbonyl (C=O) groups is 3. The summed E-state index contributed by atoms with van der Waals surface area (Å²) >= 11 is 4.56. The molecule has 1 aliphatic rings. The van der Waals surface area contributed by atoms with Crippen molar-refractivity contribution < 1.29 is 14.4 Å². The Bertz CT molecular complexity index is 612. The number of nitrogens with zero attached hydrogens (tertiary/aromatic N) is 1. The standard InChI is InChI=1S/C15H18N4O3S/c16-15(23)18-17-12(20)8-2-1-5-9-19-13(21)10-6-3-4-7-11(10)14(19)22/h3-4,6-7H,1-2,5,8-9H2,(H,17,20)(H3,16,18,23). The summed E-state index contributed by atoms with van der Waals surface area (Å²) < 4.78 is 0. The van der Waals surface area contributed by atoms with Crippen molar-refractivity contribution in [3.63, 3.8) is 0 Å². The van der Waals surface area contributed by atoms with Crippen LogP contribution in [-0.4, -0.2) is 34.3 Å². The number of hydrazine groups is 1. The van der Waals surface area contributed by atoms with Crippen LogP contribution >= 0.6 is 12.2 Å². The van der Waals surface area contributed by atoms with E-state index in [1.807, 2.05) is 0 Å². The highest BCUT2D eigenvalue weighted by Crippen LogP contribution is 2.22. The van der Waals surface area contributed by atoms with E-state index in [4.69, 9.17) is 5.73 Å². The summed E-state index contributed by atoms with van der Waals surface area (Å²) in [5.41, 5.74) is 10.8. The van der Waals surface area contributed by atoms with Gasteiger partial charge in [-0.1, -0.05) is 18.6 Å². The first-order valence-electron chi connectivity index (χ1n) is 7.30. The molecule has 4 N–H and O–H groups in total. The number of nitrogens with one attached hydrogen (secondary N) is 2. The second-order valence-electron chi connectivity index (χ2n) is 5.16. The van der Waals surface area contributed by atoms with Crippen molar-refractivity contribution in [1.29, 1.82) is 0 Å². The maximum absolute atomic E-state index is 12.1. The summed E-state index contributed by atoms with van der Waals surface area (Å²) in [6, 6.07) is 6.81.